The number of nitrogens with one attached hydrogen (secondary N) is 2. The molecule has 0 aliphatic heterocycles. The normalized spacial score (nSPS) is 11.9. The Bertz CT molecular complexity index is 775. The summed E-state index contributed by atoms with van der Waals surface area (Å²) in [4.78, 5) is 24.9. The average molecular weight is 363 g/mol. The van der Waals surface area contributed by atoms with E-state index >= 15 is 0 Å². The summed E-state index contributed by atoms with van der Waals surface area (Å²) in [6, 6.07) is 9.65. The van der Waals surface area contributed by atoms with Gasteiger partial charge in [-0.2, -0.15) is 0 Å². The first-order chi connectivity index (χ1) is 11.8. The minimum absolute atomic E-state index is 0.135. The molecule has 2 rings (SSSR count). The van der Waals surface area contributed by atoms with E-state index in [1.165, 1.54) is 24.3 Å². The van der Waals surface area contributed by atoms with Crippen LogP contribution in [0, 0.1) is 18.7 Å². The molecule has 0 heterocycles. The second-order valence-corrected chi connectivity index (χ2v) is 6.51. The second kappa shape index (κ2) is 8.12. The lowest BCUT2D eigenvalue weighted by molar-refractivity contribution is -0.118. The fourth-order valence-corrected chi connectivity index (χ4v) is 2.49. The highest BCUT2D eigenvalue weighted by Gasteiger charge is 2.25. The van der Waals surface area contributed by atoms with Crippen molar-refractivity contribution in [2.75, 3.05) is 5.32 Å². The Morgan fingerprint density at radius 2 is 1.72 bits per heavy atom. The molecule has 1 atom stereocenters. The lowest BCUT2D eigenvalue weighted by atomic mass is 10.0. The maximum Gasteiger partial charge on any atom is 0.251 e. The number of anilines is 1. The van der Waals surface area contributed by atoms with Gasteiger partial charge in [0.2, 0.25) is 5.91 Å². The topological polar surface area (TPSA) is 58.2 Å². The molecule has 2 aromatic rings. The van der Waals surface area contributed by atoms with E-state index in [0.717, 1.165) is 5.56 Å². The summed E-state index contributed by atoms with van der Waals surface area (Å²) in [5.41, 5.74) is 1.64. The lowest BCUT2D eigenvalue weighted by Crippen LogP contribution is -2.47. The number of benzene rings is 2. The smallest absolute Gasteiger partial charge is 0.251 e. The fraction of sp³-hybridized carbons (Fsp3) is 0.263. The Labute approximate surface area is 151 Å². The molecule has 1 unspecified atom stereocenters. The molecule has 132 valence electrons. The summed E-state index contributed by atoms with van der Waals surface area (Å²) in [6.07, 6.45) is 0. The van der Waals surface area contributed by atoms with Crippen LogP contribution < -0.4 is 10.6 Å². The van der Waals surface area contributed by atoms with Crippen molar-refractivity contribution in [3.05, 3.63) is 64.4 Å². The molecule has 2 aromatic carbocycles. The van der Waals surface area contributed by atoms with Crippen molar-refractivity contribution < 1.29 is 14.0 Å². The third-order valence-electron chi connectivity index (χ3n) is 3.87. The van der Waals surface area contributed by atoms with E-state index < -0.39 is 17.8 Å². The molecular weight excluding hydrogens is 343 g/mol. The van der Waals surface area contributed by atoms with E-state index in [1.807, 2.05) is 13.8 Å². The van der Waals surface area contributed by atoms with Gasteiger partial charge in [0.25, 0.3) is 5.91 Å². The summed E-state index contributed by atoms with van der Waals surface area (Å²) in [5, 5.41) is 6.05. The van der Waals surface area contributed by atoms with Crippen LogP contribution in [0.2, 0.25) is 5.02 Å². The Hall–Kier alpha value is -2.40. The Kier molecular flexibility index (Phi) is 6.15. The minimum atomic E-state index is -0.740. The Morgan fingerprint density at radius 1 is 1.08 bits per heavy atom. The molecule has 0 aliphatic rings. The van der Waals surface area contributed by atoms with Gasteiger partial charge < -0.3 is 10.6 Å². The molecule has 0 aliphatic carbocycles. The van der Waals surface area contributed by atoms with Crippen LogP contribution in [0.15, 0.2) is 42.5 Å². The highest BCUT2D eigenvalue weighted by molar-refractivity contribution is 6.31. The largest absolute Gasteiger partial charge is 0.340 e. The van der Waals surface area contributed by atoms with Crippen LogP contribution in [0.25, 0.3) is 0 Å². The molecule has 25 heavy (non-hydrogen) atoms. The van der Waals surface area contributed by atoms with Crippen LogP contribution >= 0.6 is 11.6 Å². The van der Waals surface area contributed by atoms with Gasteiger partial charge in [-0.25, -0.2) is 4.39 Å². The van der Waals surface area contributed by atoms with Crippen LogP contribution in [0.4, 0.5) is 10.1 Å². The Morgan fingerprint density at radius 3 is 2.32 bits per heavy atom. The number of halogens is 2. The van der Waals surface area contributed by atoms with Crippen LogP contribution in [-0.4, -0.2) is 17.9 Å². The summed E-state index contributed by atoms with van der Waals surface area (Å²) in [6.45, 7) is 5.47. The lowest BCUT2D eigenvalue weighted by Gasteiger charge is -2.22. The molecule has 4 nitrogen and oxygen atoms in total. The molecule has 6 heteroatoms. The predicted molar refractivity (Wildman–Crippen MR) is 97.3 cm³/mol. The number of hydrogen-bond donors (Lipinski definition) is 2. The monoisotopic (exact) mass is 362 g/mol. The second-order valence-electron chi connectivity index (χ2n) is 6.10. The third kappa shape index (κ3) is 4.79. The molecule has 0 fully saturated rings. The summed E-state index contributed by atoms with van der Waals surface area (Å²) in [5.74, 6) is -1.33. The summed E-state index contributed by atoms with van der Waals surface area (Å²) >= 11 is 6.06. The standard InChI is InChI=1S/C19H20ClFN2O2/c1-11(2)17(23-18(24)13-7-9-14(21)10-8-13)19(25)22-16-6-4-5-15(20)12(16)3/h4-11,17H,1-3H3,(H,22,25)(H,23,24). The predicted octanol–water partition coefficient (Wildman–Crippen LogP) is 4.18. The van der Waals surface area contributed by atoms with Gasteiger partial charge in [-0.1, -0.05) is 31.5 Å². The van der Waals surface area contributed by atoms with Gasteiger partial charge >= 0.3 is 0 Å². The van der Waals surface area contributed by atoms with E-state index in [4.69, 9.17) is 11.6 Å². The number of amides is 2. The molecule has 2 amide bonds. The molecule has 0 radical (unpaired) electrons. The maximum atomic E-state index is 13.0. The van der Waals surface area contributed by atoms with Gasteiger partial charge in [0.05, 0.1) is 0 Å². The molecule has 0 saturated heterocycles. The van der Waals surface area contributed by atoms with Crippen molar-refractivity contribution in [1.82, 2.24) is 5.32 Å². The quantitative estimate of drug-likeness (QED) is 0.838. The SMILES string of the molecule is Cc1c(Cl)cccc1NC(=O)C(NC(=O)c1ccc(F)cc1)C(C)C. The van der Waals surface area contributed by atoms with E-state index in [-0.39, 0.29) is 11.8 Å². The minimum Gasteiger partial charge on any atom is -0.340 e. The van der Waals surface area contributed by atoms with Crippen molar-refractivity contribution in [2.24, 2.45) is 5.92 Å². The van der Waals surface area contributed by atoms with Gasteiger partial charge in [0.15, 0.2) is 0 Å². The summed E-state index contributed by atoms with van der Waals surface area (Å²) < 4.78 is 13.0. The zero-order valence-corrected chi connectivity index (χ0v) is 15.0. The average Bonchev–Trinajstić information content (AvgIpc) is 2.56. The molecule has 0 aromatic heterocycles. The van der Waals surface area contributed by atoms with Crippen molar-refractivity contribution in [1.29, 1.82) is 0 Å². The zero-order valence-electron chi connectivity index (χ0n) is 14.3. The molecule has 0 spiro atoms. The zero-order chi connectivity index (χ0) is 18.6. The van der Waals surface area contributed by atoms with Gasteiger partial charge in [0, 0.05) is 16.3 Å². The van der Waals surface area contributed by atoms with E-state index in [0.29, 0.717) is 16.3 Å². The highest BCUT2D eigenvalue weighted by atomic mass is 35.5. The van der Waals surface area contributed by atoms with Crippen molar-refractivity contribution in [3.8, 4) is 0 Å². The van der Waals surface area contributed by atoms with Gasteiger partial charge in [-0.05, 0) is 54.8 Å². The highest BCUT2D eigenvalue weighted by Crippen LogP contribution is 2.23. The van der Waals surface area contributed by atoms with Crippen molar-refractivity contribution >= 4 is 29.1 Å². The first kappa shape index (κ1) is 18.9. The van der Waals surface area contributed by atoms with E-state index in [9.17, 15) is 14.0 Å². The number of rotatable bonds is 5. The number of carbonyl (C=O) groups is 2. The molecule has 0 bridgehead atoms. The first-order valence-corrected chi connectivity index (χ1v) is 8.29. The molecule has 2 N–H and O–H groups in total. The van der Waals surface area contributed by atoms with E-state index in [2.05, 4.69) is 10.6 Å². The maximum absolute atomic E-state index is 13.0. The van der Waals surface area contributed by atoms with Crippen molar-refractivity contribution in [3.63, 3.8) is 0 Å². The first-order valence-electron chi connectivity index (χ1n) is 7.92. The van der Waals surface area contributed by atoms with Crippen molar-refractivity contribution in [2.45, 2.75) is 26.8 Å². The molecular formula is C19H20ClFN2O2. The van der Waals surface area contributed by atoms with E-state index in [1.54, 1.807) is 25.1 Å². The third-order valence-corrected chi connectivity index (χ3v) is 4.28. The van der Waals surface area contributed by atoms with Crippen LogP contribution in [0.1, 0.15) is 29.8 Å². The molecule has 0 saturated carbocycles. The Balaban J connectivity index is 2.14. The number of carbonyl (C=O) groups excluding carboxylic acids is 2. The van der Waals surface area contributed by atoms with Crippen LogP contribution in [0.5, 0.6) is 0 Å². The number of hydrogen-bond acceptors (Lipinski definition) is 2. The van der Waals surface area contributed by atoms with Gasteiger partial charge in [-0.3, -0.25) is 9.59 Å². The van der Waals surface area contributed by atoms with Gasteiger partial charge in [0.1, 0.15) is 11.9 Å². The van der Waals surface area contributed by atoms with Gasteiger partial charge in [-0.15, -0.1) is 0 Å². The summed E-state index contributed by atoms with van der Waals surface area (Å²) in [7, 11) is 0. The van der Waals surface area contributed by atoms with Crippen LogP contribution in [-0.2, 0) is 4.79 Å². The van der Waals surface area contributed by atoms with Crippen LogP contribution in [0.3, 0.4) is 0 Å². The fourth-order valence-electron chi connectivity index (χ4n) is 2.31.